The Bertz CT molecular complexity index is 1080. The Morgan fingerprint density at radius 1 is 0.962 bits per heavy atom. The van der Waals surface area contributed by atoms with Crippen molar-refractivity contribution in [2.24, 2.45) is 0 Å². The van der Waals surface area contributed by atoms with E-state index in [1.807, 2.05) is 44.2 Å². The predicted octanol–water partition coefficient (Wildman–Crippen LogP) is 4.28. The summed E-state index contributed by atoms with van der Waals surface area (Å²) < 4.78 is 26.9. The lowest BCUT2D eigenvalue weighted by Crippen LogP contribution is -2.21. The topological polar surface area (TPSA) is 50.3 Å². The highest BCUT2D eigenvalue weighted by Gasteiger charge is 2.28. The molecule has 2 aromatic carbocycles. The third-order valence-electron chi connectivity index (χ3n) is 5.21. The van der Waals surface area contributed by atoms with Crippen LogP contribution in [0.3, 0.4) is 0 Å². The van der Waals surface area contributed by atoms with E-state index in [9.17, 15) is 8.42 Å². The summed E-state index contributed by atoms with van der Waals surface area (Å²) in [6, 6.07) is 13.1. The van der Waals surface area contributed by atoms with Gasteiger partial charge in [-0.15, -0.1) is 0 Å². The quantitative estimate of drug-likeness (QED) is 0.694. The minimum Gasteiger partial charge on any atom is -0.370 e. The van der Waals surface area contributed by atoms with Gasteiger partial charge in [0.25, 0.3) is 0 Å². The molecule has 1 fully saturated rings. The fourth-order valence-corrected chi connectivity index (χ4v) is 5.10. The molecular formula is C21H22N2O2S. The molecule has 0 unspecified atom stereocenters. The fourth-order valence-electron chi connectivity index (χ4n) is 3.58. The van der Waals surface area contributed by atoms with Crippen LogP contribution in [0.1, 0.15) is 24.0 Å². The summed E-state index contributed by atoms with van der Waals surface area (Å²) in [7, 11) is -3.64. The van der Waals surface area contributed by atoms with E-state index in [-0.39, 0.29) is 0 Å². The number of sulfone groups is 1. The van der Waals surface area contributed by atoms with E-state index in [1.54, 1.807) is 12.1 Å². The average molecular weight is 366 g/mol. The molecule has 0 aliphatic carbocycles. The lowest BCUT2D eigenvalue weighted by molar-refractivity contribution is 0.595. The van der Waals surface area contributed by atoms with E-state index in [1.165, 1.54) is 6.20 Å². The van der Waals surface area contributed by atoms with E-state index in [2.05, 4.69) is 9.88 Å². The zero-order valence-electron chi connectivity index (χ0n) is 15.1. The molecular weight excluding hydrogens is 344 g/mol. The highest BCUT2D eigenvalue weighted by atomic mass is 32.2. The van der Waals surface area contributed by atoms with Crippen molar-refractivity contribution in [1.82, 2.24) is 4.98 Å². The Hall–Kier alpha value is -2.40. The third-order valence-corrected chi connectivity index (χ3v) is 6.97. The number of hydrogen-bond donors (Lipinski definition) is 0. The van der Waals surface area contributed by atoms with E-state index in [0.717, 1.165) is 53.6 Å². The summed E-state index contributed by atoms with van der Waals surface area (Å²) in [4.78, 5) is 7.27. The Balaban J connectivity index is 1.98. The summed E-state index contributed by atoms with van der Waals surface area (Å²) in [6.07, 6.45) is 3.69. The zero-order valence-corrected chi connectivity index (χ0v) is 15.9. The van der Waals surface area contributed by atoms with Crippen LogP contribution in [0.2, 0.25) is 0 Å². The number of anilines is 1. The zero-order chi connectivity index (χ0) is 18.3. The van der Waals surface area contributed by atoms with Crippen LogP contribution in [0.25, 0.3) is 10.9 Å². The molecule has 0 N–H and O–H groups in total. The summed E-state index contributed by atoms with van der Waals surface area (Å²) in [6.45, 7) is 5.68. The van der Waals surface area contributed by atoms with E-state index < -0.39 is 9.84 Å². The molecule has 0 spiro atoms. The first-order valence-corrected chi connectivity index (χ1v) is 10.4. The standard InChI is InChI=1S/C21H22N2O2S/c1-15-9-10-17(13-16(15)2)26(24,25)20-14-22-19-8-4-3-7-18(19)21(20)23-11-5-6-12-23/h3-4,7-10,13-14H,5-6,11-12H2,1-2H3. The van der Waals surface area contributed by atoms with Gasteiger partial charge in [-0.3, -0.25) is 4.98 Å². The molecule has 1 aliphatic heterocycles. The van der Waals surface area contributed by atoms with E-state index in [0.29, 0.717) is 9.79 Å². The molecule has 2 heterocycles. The molecule has 4 nitrogen and oxygen atoms in total. The molecule has 1 saturated heterocycles. The van der Waals surface area contributed by atoms with Crippen LogP contribution in [0.15, 0.2) is 58.5 Å². The van der Waals surface area contributed by atoms with Crippen molar-refractivity contribution >= 4 is 26.4 Å². The largest absolute Gasteiger partial charge is 0.370 e. The second kappa shape index (κ2) is 6.40. The van der Waals surface area contributed by atoms with Crippen molar-refractivity contribution in [3.8, 4) is 0 Å². The number of para-hydroxylation sites is 1. The number of rotatable bonds is 3. The van der Waals surface area contributed by atoms with Gasteiger partial charge in [0, 0.05) is 24.7 Å². The van der Waals surface area contributed by atoms with Crippen LogP contribution >= 0.6 is 0 Å². The molecule has 0 saturated carbocycles. The van der Waals surface area contributed by atoms with Gasteiger partial charge < -0.3 is 4.90 Å². The van der Waals surface area contributed by atoms with Crippen LogP contribution in [0.5, 0.6) is 0 Å². The molecule has 134 valence electrons. The van der Waals surface area contributed by atoms with Crippen LogP contribution in [-0.4, -0.2) is 26.5 Å². The van der Waals surface area contributed by atoms with Gasteiger partial charge in [-0.2, -0.15) is 0 Å². The molecule has 3 aromatic rings. The van der Waals surface area contributed by atoms with Crippen molar-refractivity contribution in [2.45, 2.75) is 36.5 Å². The molecule has 5 heteroatoms. The Kier molecular flexibility index (Phi) is 4.19. The van der Waals surface area contributed by atoms with Gasteiger partial charge in [-0.1, -0.05) is 24.3 Å². The summed E-state index contributed by atoms with van der Waals surface area (Å²) >= 11 is 0. The maximum Gasteiger partial charge on any atom is 0.210 e. The Morgan fingerprint density at radius 3 is 2.42 bits per heavy atom. The highest BCUT2D eigenvalue weighted by molar-refractivity contribution is 7.91. The van der Waals surface area contributed by atoms with Crippen molar-refractivity contribution in [1.29, 1.82) is 0 Å². The predicted molar refractivity (Wildman–Crippen MR) is 105 cm³/mol. The van der Waals surface area contributed by atoms with Crippen LogP contribution in [0, 0.1) is 13.8 Å². The van der Waals surface area contributed by atoms with Gasteiger partial charge in [0.1, 0.15) is 4.90 Å². The molecule has 26 heavy (non-hydrogen) atoms. The Morgan fingerprint density at radius 2 is 1.69 bits per heavy atom. The van der Waals surface area contributed by atoms with E-state index in [4.69, 9.17) is 0 Å². The number of aryl methyl sites for hydroxylation is 2. The lowest BCUT2D eigenvalue weighted by Gasteiger charge is -2.23. The SMILES string of the molecule is Cc1ccc(S(=O)(=O)c2cnc3ccccc3c2N2CCCC2)cc1C. The van der Waals surface area contributed by atoms with Gasteiger partial charge in [0.15, 0.2) is 0 Å². The third kappa shape index (κ3) is 2.76. The summed E-state index contributed by atoms with van der Waals surface area (Å²) in [5, 5.41) is 0.902. The number of aromatic nitrogens is 1. The lowest BCUT2D eigenvalue weighted by atomic mass is 10.1. The van der Waals surface area contributed by atoms with Gasteiger partial charge in [0.2, 0.25) is 9.84 Å². The number of benzene rings is 2. The number of pyridine rings is 1. The monoisotopic (exact) mass is 366 g/mol. The molecule has 4 rings (SSSR count). The molecule has 1 aliphatic rings. The van der Waals surface area contributed by atoms with Gasteiger partial charge in [0.05, 0.1) is 16.1 Å². The molecule has 0 bridgehead atoms. The van der Waals surface area contributed by atoms with Crippen molar-refractivity contribution in [2.75, 3.05) is 18.0 Å². The van der Waals surface area contributed by atoms with Gasteiger partial charge >= 0.3 is 0 Å². The minimum atomic E-state index is -3.64. The summed E-state index contributed by atoms with van der Waals surface area (Å²) in [5.74, 6) is 0. The number of nitrogens with zero attached hydrogens (tertiary/aromatic N) is 2. The maximum atomic E-state index is 13.5. The van der Waals surface area contributed by atoms with Crippen LogP contribution < -0.4 is 4.90 Å². The average Bonchev–Trinajstić information content (AvgIpc) is 3.17. The highest BCUT2D eigenvalue weighted by Crippen LogP contribution is 2.37. The minimum absolute atomic E-state index is 0.307. The van der Waals surface area contributed by atoms with Crippen molar-refractivity contribution in [3.63, 3.8) is 0 Å². The second-order valence-electron chi connectivity index (χ2n) is 6.93. The number of hydrogen-bond acceptors (Lipinski definition) is 4. The summed E-state index contributed by atoms with van der Waals surface area (Å²) in [5.41, 5.74) is 3.68. The first-order valence-electron chi connectivity index (χ1n) is 8.93. The first-order chi connectivity index (χ1) is 12.5. The maximum absolute atomic E-state index is 13.5. The van der Waals surface area contributed by atoms with Gasteiger partial charge in [-0.05, 0) is 56.0 Å². The van der Waals surface area contributed by atoms with Gasteiger partial charge in [-0.25, -0.2) is 8.42 Å². The first kappa shape index (κ1) is 17.0. The van der Waals surface area contributed by atoms with Crippen molar-refractivity contribution in [3.05, 3.63) is 59.8 Å². The molecule has 0 radical (unpaired) electrons. The smallest absolute Gasteiger partial charge is 0.210 e. The molecule has 1 aromatic heterocycles. The second-order valence-corrected chi connectivity index (χ2v) is 8.85. The van der Waals surface area contributed by atoms with E-state index >= 15 is 0 Å². The Labute approximate surface area is 154 Å². The fraction of sp³-hybridized carbons (Fsp3) is 0.286. The van der Waals surface area contributed by atoms with Crippen molar-refractivity contribution < 1.29 is 8.42 Å². The normalized spacial score (nSPS) is 14.9. The molecule has 0 amide bonds. The van der Waals surface area contributed by atoms with Crippen LogP contribution in [-0.2, 0) is 9.84 Å². The van der Waals surface area contributed by atoms with Crippen LogP contribution in [0.4, 0.5) is 5.69 Å². The number of fused-ring (bicyclic) bond motifs is 1. The molecule has 0 atom stereocenters.